The van der Waals surface area contributed by atoms with Crippen LogP contribution in [0.15, 0.2) is 65.1 Å². The molecule has 1 N–H and O–H groups in total. The van der Waals surface area contributed by atoms with Gasteiger partial charge in [0.05, 0.1) is 25.0 Å². The Kier molecular flexibility index (Phi) is 7.84. The molecule has 2 aromatic heterocycles. The average Bonchev–Trinajstić information content (AvgIpc) is 3.46. The van der Waals surface area contributed by atoms with E-state index in [1.807, 2.05) is 78.5 Å². The summed E-state index contributed by atoms with van der Waals surface area (Å²) < 4.78 is 12.5. The molecule has 0 radical (unpaired) electrons. The third-order valence-electron chi connectivity index (χ3n) is 5.11. The second-order valence-electron chi connectivity index (χ2n) is 7.34. The number of nitrogens with zero attached hydrogens (tertiary/aromatic N) is 3. The Morgan fingerprint density at radius 1 is 1.06 bits per heavy atom. The van der Waals surface area contributed by atoms with Crippen molar-refractivity contribution in [3.63, 3.8) is 0 Å². The molecule has 0 aliphatic rings. The SMILES string of the molecule is CCOc1ccccc1-c1nnc(SCC(=O)Nc2scc(-c3ccccc3)c2C(=O)OC)n1C. The molecule has 1 amide bonds. The van der Waals surface area contributed by atoms with Crippen molar-refractivity contribution in [3.8, 4) is 28.3 Å². The number of anilines is 1. The number of hydrogen-bond acceptors (Lipinski definition) is 8. The fraction of sp³-hybridized carbons (Fsp3) is 0.200. The lowest BCUT2D eigenvalue weighted by atomic mass is 10.0. The molecule has 180 valence electrons. The van der Waals surface area contributed by atoms with E-state index in [0.29, 0.717) is 28.2 Å². The van der Waals surface area contributed by atoms with Crippen molar-refractivity contribution in [1.29, 1.82) is 0 Å². The van der Waals surface area contributed by atoms with E-state index >= 15 is 0 Å². The van der Waals surface area contributed by atoms with E-state index in [1.165, 1.54) is 30.2 Å². The number of thiophene rings is 1. The summed E-state index contributed by atoms with van der Waals surface area (Å²) >= 11 is 2.54. The van der Waals surface area contributed by atoms with Crippen molar-refractivity contribution in [1.82, 2.24) is 14.8 Å². The fourth-order valence-electron chi connectivity index (χ4n) is 3.49. The molecule has 0 unspecified atom stereocenters. The molecule has 2 aromatic carbocycles. The van der Waals surface area contributed by atoms with Crippen LogP contribution in [-0.4, -0.2) is 46.1 Å². The molecule has 0 saturated carbocycles. The van der Waals surface area contributed by atoms with Gasteiger partial charge < -0.3 is 19.4 Å². The van der Waals surface area contributed by atoms with Gasteiger partial charge in [-0.25, -0.2) is 4.79 Å². The molecule has 0 aliphatic heterocycles. The van der Waals surface area contributed by atoms with Gasteiger partial charge in [0.15, 0.2) is 11.0 Å². The van der Waals surface area contributed by atoms with Gasteiger partial charge in [-0.3, -0.25) is 4.79 Å². The van der Waals surface area contributed by atoms with E-state index in [1.54, 1.807) is 0 Å². The van der Waals surface area contributed by atoms with Crippen molar-refractivity contribution in [2.75, 3.05) is 24.8 Å². The van der Waals surface area contributed by atoms with Crippen molar-refractivity contribution in [3.05, 3.63) is 65.5 Å². The van der Waals surface area contributed by atoms with Crippen LogP contribution in [0.25, 0.3) is 22.5 Å². The molecular formula is C25H24N4O4S2. The summed E-state index contributed by atoms with van der Waals surface area (Å²) in [4.78, 5) is 25.3. The number of methoxy groups -OCH3 is 1. The quantitative estimate of drug-likeness (QED) is 0.247. The normalized spacial score (nSPS) is 10.7. The van der Waals surface area contributed by atoms with E-state index in [9.17, 15) is 9.59 Å². The topological polar surface area (TPSA) is 95.3 Å². The van der Waals surface area contributed by atoms with E-state index in [4.69, 9.17) is 9.47 Å². The fourth-order valence-corrected chi connectivity index (χ4v) is 5.17. The van der Waals surface area contributed by atoms with Crippen LogP contribution >= 0.6 is 23.1 Å². The van der Waals surface area contributed by atoms with E-state index in [2.05, 4.69) is 15.5 Å². The standard InChI is InChI=1S/C25H24N4O4S2/c1-4-33-19-13-9-8-12-17(19)22-27-28-25(29(22)2)35-15-20(30)26-23-21(24(31)32-3)18(14-34-23)16-10-6-5-7-11-16/h5-14H,4,15H2,1-3H3,(H,26,30). The van der Waals surface area contributed by atoms with Crippen molar-refractivity contribution < 1.29 is 19.1 Å². The van der Waals surface area contributed by atoms with Gasteiger partial charge in [-0.1, -0.05) is 54.2 Å². The van der Waals surface area contributed by atoms with Crippen LogP contribution in [0.4, 0.5) is 5.00 Å². The minimum absolute atomic E-state index is 0.0955. The molecule has 10 heteroatoms. The van der Waals surface area contributed by atoms with Crippen molar-refractivity contribution >= 4 is 40.0 Å². The molecule has 2 heterocycles. The highest BCUT2D eigenvalue weighted by Crippen LogP contribution is 2.36. The highest BCUT2D eigenvalue weighted by molar-refractivity contribution is 7.99. The highest BCUT2D eigenvalue weighted by Gasteiger charge is 2.23. The molecule has 0 bridgehead atoms. The third kappa shape index (κ3) is 5.39. The predicted octanol–water partition coefficient (Wildman–Crippen LogP) is 5.13. The first-order valence-corrected chi connectivity index (χ1v) is 12.7. The van der Waals surface area contributed by atoms with Crippen LogP contribution in [-0.2, 0) is 16.6 Å². The number of thioether (sulfide) groups is 1. The lowest BCUT2D eigenvalue weighted by molar-refractivity contribution is -0.113. The number of nitrogens with one attached hydrogen (secondary N) is 1. The van der Waals surface area contributed by atoms with E-state index < -0.39 is 5.97 Å². The Balaban J connectivity index is 1.48. The summed E-state index contributed by atoms with van der Waals surface area (Å²) in [6.07, 6.45) is 0. The summed E-state index contributed by atoms with van der Waals surface area (Å²) in [5, 5.41) is 14.3. The number of aromatic nitrogens is 3. The molecule has 0 atom stereocenters. The lowest BCUT2D eigenvalue weighted by Gasteiger charge is -2.10. The lowest BCUT2D eigenvalue weighted by Crippen LogP contribution is -2.16. The van der Waals surface area contributed by atoms with Gasteiger partial charge >= 0.3 is 5.97 Å². The molecule has 4 rings (SSSR count). The molecule has 0 spiro atoms. The van der Waals surface area contributed by atoms with Gasteiger partial charge in [0.25, 0.3) is 0 Å². The number of para-hydroxylation sites is 1. The molecule has 0 fully saturated rings. The van der Waals surface area contributed by atoms with Crippen molar-refractivity contribution in [2.24, 2.45) is 7.05 Å². The maximum Gasteiger partial charge on any atom is 0.341 e. The minimum Gasteiger partial charge on any atom is -0.493 e. The summed E-state index contributed by atoms with van der Waals surface area (Å²) in [5.74, 6) is 0.704. The Labute approximate surface area is 211 Å². The van der Waals surface area contributed by atoms with Crippen molar-refractivity contribution in [2.45, 2.75) is 12.1 Å². The highest BCUT2D eigenvalue weighted by atomic mass is 32.2. The van der Waals surface area contributed by atoms with E-state index in [0.717, 1.165) is 22.4 Å². The molecular weight excluding hydrogens is 484 g/mol. The number of amides is 1. The largest absolute Gasteiger partial charge is 0.493 e. The van der Waals surface area contributed by atoms with Crippen LogP contribution < -0.4 is 10.1 Å². The Morgan fingerprint density at radius 3 is 2.54 bits per heavy atom. The number of rotatable bonds is 9. The Bertz CT molecular complexity index is 1330. The first-order valence-electron chi connectivity index (χ1n) is 10.8. The third-order valence-corrected chi connectivity index (χ3v) is 7.03. The number of carbonyl (C=O) groups excluding carboxylic acids is 2. The number of benzene rings is 2. The van der Waals surface area contributed by atoms with Gasteiger partial charge in [0.1, 0.15) is 16.3 Å². The monoisotopic (exact) mass is 508 g/mol. The van der Waals surface area contributed by atoms with Gasteiger partial charge in [0, 0.05) is 18.0 Å². The maximum atomic E-state index is 12.8. The second kappa shape index (κ2) is 11.2. The smallest absolute Gasteiger partial charge is 0.341 e. The summed E-state index contributed by atoms with van der Waals surface area (Å²) in [7, 11) is 3.17. The average molecular weight is 509 g/mol. The maximum absolute atomic E-state index is 12.8. The number of carbonyl (C=O) groups is 2. The zero-order chi connectivity index (χ0) is 24.8. The zero-order valence-electron chi connectivity index (χ0n) is 19.5. The molecule has 0 saturated heterocycles. The number of ether oxygens (including phenoxy) is 2. The first-order chi connectivity index (χ1) is 17.0. The summed E-state index contributed by atoms with van der Waals surface area (Å²) in [5.41, 5.74) is 2.76. The van der Waals surface area contributed by atoms with Crippen LogP contribution in [0.1, 0.15) is 17.3 Å². The minimum atomic E-state index is -0.501. The van der Waals surface area contributed by atoms with Gasteiger partial charge in [-0.15, -0.1) is 21.5 Å². The molecule has 0 aliphatic carbocycles. The summed E-state index contributed by atoms with van der Waals surface area (Å²) in [6, 6.07) is 17.1. The molecule has 8 nitrogen and oxygen atoms in total. The number of esters is 1. The zero-order valence-corrected chi connectivity index (χ0v) is 21.1. The van der Waals surface area contributed by atoms with Gasteiger partial charge in [0.2, 0.25) is 5.91 Å². The van der Waals surface area contributed by atoms with Gasteiger partial charge in [-0.2, -0.15) is 0 Å². The van der Waals surface area contributed by atoms with Crippen LogP contribution in [0.3, 0.4) is 0 Å². The Morgan fingerprint density at radius 2 is 1.80 bits per heavy atom. The van der Waals surface area contributed by atoms with Crippen LogP contribution in [0.5, 0.6) is 5.75 Å². The van der Waals surface area contributed by atoms with E-state index in [-0.39, 0.29) is 11.7 Å². The molecule has 35 heavy (non-hydrogen) atoms. The van der Waals surface area contributed by atoms with Crippen LogP contribution in [0, 0.1) is 0 Å². The predicted molar refractivity (Wildman–Crippen MR) is 138 cm³/mol. The number of hydrogen-bond donors (Lipinski definition) is 1. The van der Waals surface area contributed by atoms with Gasteiger partial charge in [-0.05, 0) is 24.6 Å². The summed E-state index contributed by atoms with van der Waals surface area (Å²) in [6.45, 7) is 2.47. The second-order valence-corrected chi connectivity index (χ2v) is 9.16. The Hall–Kier alpha value is -3.63. The first kappa shape index (κ1) is 24.5. The molecule has 4 aromatic rings. The van der Waals surface area contributed by atoms with Crippen LogP contribution in [0.2, 0.25) is 0 Å².